The zero-order valence-corrected chi connectivity index (χ0v) is 27.2. The number of carbonyl (C=O) groups is 2. The fourth-order valence-corrected chi connectivity index (χ4v) is 7.24. The number of ether oxygens (including phenoxy) is 6. The molecule has 0 fully saturated rings. The molecule has 4 heterocycles. The van der Waals surface area contributed by atoms with Crippen LogP contribution in [0.3, 0.4) is 0 Å². The molecule has 0 saturated carbocycles. The van der Waals surface area contributed by atoms with Crippen molar-refractivity contribution in [1.82, 2.24) is 9.47 Å². The maximum absolute atomic E-state index is 14.1. The smallest absolute Gasteiger partial charge is 0.343 e. The van der Waals surface area contributed by atoms with E-state index in [2.05, 4.69) is 31.7 Å². The highest BCUT2D eigenvalue weighted by Crippen LogP contribution is 2.59. The molecule has 0 unspecified atom stereocenters. The van der Waals surface area contributed by atoms with E-state index in [1.54, 1.807) is 13.2 Å². The molecular formula is C36H38N2O8. The zero-order chi connectivity index (χ0) is 32.5. The molecule has 0 aliphatic carbocycles. The van der Waals surface area contributed by atoms with Gasteiger partial charge < -0.3 is 28.4 Å². The van der Waals surface area contributed by atoms with Crippen LogP contribution in [0.5, 0.6) is 28.7 Å². The highest BCUT2D eigenvalue weighted by molar-refractivity contribution is 6.01. The molecular weight excluding hydrogens is 588 g/mol. The van der Waals surface area contributed by atoms with Gasteiger partial charge in [0.15, 0.2) is 23.0 Å². The lowest BCUT2D eigenvalue weighted by Crippen LogP contribution is -2.36. The van der Waals surface area contributed by atoms with Gasteiger partial charge in [-0.25, -0.2) is 4.79 Å². The van der Waals surface area contributed by atoms with Crippen molar-refractivity contribution in [2.24, 2.45) is 5.41 Å². The molecule has 0 bridgehead atoms. The van der Waals surface area contributed by atoms with Gasteiger partial charge >= 0.3 is 5.97 Å². The van der Waals surface area contributed by atoms with Crippen molar-refractivity contribution in [2.45, 2.75) is 45.8 Å². The maximum atomic E-state index is 14.1. The molecule has 7 rings (SSSR count). The number of methoxy groups -OCH3 is 3. The van der Waals surface area contributed by atoms with Gasteiger partial charge in [-0.15, -0.1) is 0 Å². The number of hydrogen-bond acceptors (Lipinski definition) is 9. The van der Waals surface area contributed by atoms with Gasteiger partial charge in [-0.1, -0.05) is 45.0 Å². The average molecular weight is 627 g/mol. The van der Waals surface area contributed by atoms with Crippen molar-refractivity contribution >= 4 is 22.8 Å². The van der Waals surface area contributed by atoms with E-state index in [-0.39, 0.29) is 18.1 Å². The Morgan fingerprint density at radius 2 is 1.70 bits per heavy atom. The molecule has 0 radical (unpaired) electrons. The number of fused-ring (bicyclic) bond motifs is 4. The molecule has 46 heavy (non-hydrogen) atoms. The molecule has 0 N–H and O–H groups in total. The summed E-state index contributed by atoms with van der Waals surface area (Å²) in [6, 6.07) is 13.2. The molecule has 3 aliphatic heterocycles. The fourth-order valence-electron chi connectivity index (χ4n) is 7.24. The van der Waals surface area contributed by atoms with Gasteiger partial charge in [0.1, 0.15) is 11.7 Å². The molecule has 0 saturated heterocycles. The van der Waals surface area contributed by atoms with Crippen LogP contribution in [0.15, 0.2) is 42.5 Å². The third kappa shape index (κ3) is 4.49. The molecule has 2 atom stereocenters. The summed E-state index contributed by atoms with van der Waals surface area (Å²) in [5.41, 5.74) is 4.96. The topological polar surface area (TPSA) is 97.7 Å². The second-order valence-corrected chi connectivity index (χ2v) is 13.2. The average Bonchev–Trinajstić information content (AvgIpc) is 3.74. The van der Waals surface area contributed by atoms with Crippen molar-refractivity contribution in [3.63, 3.8) is 0 Å². The van der Waals surface area contributed by atoms with E-state index in [0.717, 1.165) is 33.3 Å². The summed E-state index contributed by atoms with van der Waals surface area (Å²) in [4.78, 5) is 29.7. The van der Waals surface area contributed by atoms with Crippen LogP contribution in [0.4, 0.5) is 0 Å². The van der Waals surface area contributed by atoms with Gasteiger partial charge in [0, 0.05) is 35.0 Å². The fraction of sp³-hybridized carbons (Fsp3) is 0.389. The molecule has 10 nitrogen and oxygen atoms in total. The first-order chi connectivity index (χ1) is 22.1. The molecule has 0 amide bonds. The summed E-state index contributed by atoms with van der Waals surface area (Å²) in [6.45, 7) is 6.85. The van der Waals surface area contributed by atoms with Gasteiger partial charge in [0.2, 0.25) is 18.4 Å². The van der Waals surface area contributed by atoms with Crippen molar-refractivity contribution in [2.75, 3.05) is 41.7 Å². The van der Waals surface area contributed by atoms with Crippen LogP contribution >= 0.6 is 0 Å². The Morgan fingerprint density at radius 3 is 2.41 bits per heavy atom. The number of nitrogens with zero attached hydrogens (tertiary/aromatic N) is 2. The highest BCUT2D eigenvalue weighted by atomic mass is 16.7. The van der Waals surface area contributed by atoms with Crippen LogP contribution < -0.4 is 23.7 Å². The van der Waals surface area contributed by atoms with Crippen molar-refractivity contribution in [3.05, 3.63) is 64.7 Å². The molecule has 240 valence electrons. The lowest BCUT2D eigenvalue weighted by Gasteiger charge is -2.39. The van der Waals surface area contributed by atoms with E-state index < -0.39 is 18.1 Å². The van der Waals surface area contributed by atoms with Crippen molar-refractivity contribution in [1.29, 1.82) is 0 Å². The monoisotopic (exact) mass is 626 g/mol. The highest BCUT2D eigenvalue weighted by Gasteiger charge is 2.47. The summed E-state index contributed by atoms with van der Waals surface area (Å²) in [5.74, 6) is 1.83. The summed E-state index contributed by atoms with van der Waals surface area (Å²) in [6.07, 6.45) is 0.308. The molecule has 10 heteroatoms. The number of hydrogen-bond donors (Lipinski definition) is 0. The minimum Gasteiger partial charge on any atom is -0.493 e. The number of cyclic esters (lactones) is 1. The third-order valence-corrected chi connectivity index (χ3v) is 9.11. The molecule has 1 aromatic heterocycles. The number of para-hydroxylation sites is 1. The van der Waals surface area contributed by atoms with E-state index in [0.29, 0.717) is 59.3 Å². The second kappa shape index (κ2) is 11.0. The Hall–Kier alpha value is -4.70. The number of benzene rings is 3. The maximum Gasteiger partial charge on any atom is 0.343 e. The van der Waals surface area contributed by atoms with Crippen molar-refractivity contribution < 1.29 is 38.0 Å². The third-order valence-electron chi connectivity index (χ3n) is 9.11. The Morgan fingerprint density at radius 1 is 0.957 bits per heavy atom. The van der Waals surface area contributed by atoms with Gasteiger partial charge in [-0.05, 0) is 42.6 Å². The zero-order valence-electron chi connectivity index (χ0n) is 27.2. The van der Waals surface area contributed by atoms with Gasteiger partial charge in [0.25, 0.3) is 0 Å². The Balaban J connectivity index is 1.50. The van der Waals surface area contributed by atoms with Crippen LogP contribution in [0.25, 0.3) is 22.2 Å². The van der Waals surface area contributed by atoms with E-state index >= 15 is 0 Å². The van der Waals surface area contributed by atoms with Crippen molar-refractivity contribution in [3.8, 4) is 40.0 Å². The standard InChI is InChI=1S/C36H38N2O8/c1-36(2,3)17-25(39)38-22-11-9-8-10-19(22)16-23(38)26-20-14-15-37(4)29(27(20)32(43-7)34-33(26)44-18-45-34)30-21-12-13-24(41-5)31(42-6)28(21)35(40)46-30/h8-13,16,29-30H,14-15,17-18H2,1-7H3/t29-,30+/m1/s1. The Kier molecular flexibility index (Phi) is 7.15. The first-order valence-electron chi connectivity index (χ1n) is 15.4. The molecule has 4 aromatic rings. The SMILES string of the molecule is COc1ccc2c(c1OC)C(=O)O[C@@H]2[C@H]1c2c(c(-c3cc4ccccc4n3C(=O)CC(C)(C)C)c3c(c2OC)OCO3)CCN1C. The van der Waals surface area contributed by atoms with Crippen LogP contribution in [-0.4, -0.2) is 63.1 Å². The molecule has 3 aliphatic rings. The number of likely N-dealkylation sites (N-methyl/N-ethyl adjacent to an activating group) is 1. The largest absolute Gasteiger partial charge is 0.493 e. The predicted molar refractivity (Wildman–Crippen MR) is 172 cm³/mol. The number of carbonyl (C=O) groups excluding carboxylic acids is 2. The van der Waals surface area contributed by atoms with Crippen LogP contribution in [0.1, 0.15) is 71.2 Å². The quantitative estimate of drug-likeness (QED) is 0.220. The van der Waals surface area contributed by atoms with Crippen LogP contribution in [-0.2, 0) is 11.2 Å². The molecule has 0 spiro atoms. The summed E-state index contributed by atoms with van der Waals surface area (Å²) in [7, 11) is 6.66. The number of esters is 1. The van der Waals surface area contributed by atoms with E-state index in [1.165, 1.54) is 14.2 Å². The van der Waals surface area contributed by atoms with Gasteiger partial charge in [-0.2, -0.15) is 0 Å². The minimum atomic E-state index is -0.679. The Labute approximate surface area is 267 Å². The van der Waals surface area contributed by atoms with Gasteiger partial charge in [-0.3, -0.25) is 14.3 Å². The lowest BCUT2D eigenvalue weighted by atomic mass is 9.82. The Bertz CT molecular complexity index is 1900. The first kappa shape index (κ1) is 30.0. The summed E-state index contributed by atoms with van der Waals surface area (Å²) < 4.78 is 37.5. The summed E-state index contributed by atoms with van der Waals surface area (Å²) in [5, 5.41) is 0.946. The minimum absolute atomic E-state index is 0.00916. The second-order valence-electron chi connectivity index (χ2n) is 13.2. The number of aromatic nitrogens is 1. The first-order valence-corrected chi connectivity index (χ1v) is 15.4. The van der Waals surface area contributed by atoms with E-state index in [9.17, 15) is 9.59 Å². The van der Waals surface area contributed by atoms with Crippen LogP contribution in [0, 0.1) is 5.41 Å². The number of rotatable bonds is 6. The van der Waals surface area contributed by atoms with E-state index in [4.69, 9.17) is 28.4 Å². The van der Waals surface area contributed by atoms with E-state index in [1.807, 2.05) is 41.9 Å². The predicted octanol–water partition coefficient (Wildman–Crippen LogP) is 6.58. The van der Waals surface area contributed by atoms with Crippen LogP contribution in [0.2, 0.25) is 0 Å². The summed E-state index contributed by atoms with van der Waals surface area (Å²) >= 11 is 0. The van der Waals surface area contributed by atoms with Gasteiger partial charge in [0.05, 0.1) is 38.6 Å². The lowest BCUT2D eigenvalue weighted by molar-refractivity contribution is 0.00876. The normalized spacial score (nSPS) is 18.7. The molecule has 3 aromatic carbocycles.